The van der Waals surface area contributed by atoms with E-state index >= 15 is 0 Å². The van der Waals surface area contributed by atoms with Gasteiger partial charge in [-0.3, -0.25) is 9.59 Å². The number of aromatic hydroxyl groups is 2. The van der Waals surface area contributed by atoms with Gasteiger partial charge in [-0.15, -0.1) is 0 Å². The molecule has 8 heteroatoms. The first-order chi connectivity index (χ1) is 13.0. The van der Waals surface area contributed by atoms with Gasteiger partial charge in [0.05, 0.1) is 22.3 Å². The molecule has 2 aromatic rings. The second-order valence-electron chi connectivity index (χ2n) is 7.35. The number of carbonyl (C=O) groups is 2. The highest BCUT2D eigenvalue weighted by molar-refractivity contribution is 9.10. The van der Waals surface area contributed by atoms with Gasteiger partial charge in [0.15, 0.2) is 12.6 Å². The SMILES string of the molecule is CC1(C)OB(c2ccc(O)c(C=O)c2)OC1(C)C.O=Cc1cc(Br)ccc1O. The number of benzene rings is 2. The van der Waals surface area contributed by atoms with Gasteiger partial charge in [0.1, 0.15) is 11.5 Å². The molecule has 1 aliphatic rings. The lowest BCUT2D eigenvalue weighted by atomic mass is 9.78. The highest BCUT2D eigenvalue weighted by Crippen LogP contribution is 2.36. The molecule has 148 valence electrons. The van der Waals surface area contributed by atoms with Gasteiger partial charge >= 0.3 is 7.12 Å². The van der Waals surface area contributed by atoms with Crippen molar-refractivity contribution < 1.29 is 29.1 Å². The topological polar surface area (TPSA) is 93.1 Å². The van der Waals surface area contributed by atoms with E-state index in [1.165, 1.54) is 12.1 Å². The molecule has 2 N–H and O–H groups in total. The zero-order valence-electron chi connectivity index (χ0n) is 16.1. The molecule has 0 spiro atoms. The monoisotopic (exact) mass is 448 g/mol. The van der Waals surface area contributed by atoms with Gasteiger partial charge in [0.25, 0.3) is 0 Å². The molecular weight excluding hydrogens is 427 g/mol. The number of halogens is 1. The van der Waals surface area contributed by atoms with Crippen LogP contribution < -0.4 is 5.46 Å². The summed E-state index contributed by atoms with van der Waals surface area (Å²) in [6.07, 6.45) is 1.23. The first-order valence-electron chi connectivity index (χ1n) is 8.58. The van der Waals surface area contributed by atoms with Crippen molar-refractivity contribution in [1.82, 2.24) is 0 Å². The Morgan fingerprint density at radius 1 is 0.857 bits per heavy atom. The number of carbonyl (C=O) groups excluding carboxylic acids is 2. The first-order valence-corrected chi connectivity index (χ1v) is 9.37. The molecule has 0 bridgehead atoms. The second kappa shape index (κ2) is 8.47. The smallest absolute Gasteiger partial charge is 0.494 e. The predicted octanol–water partition coefficient (Wildman–Crippen LogP) is 3.47. The van der Waals surface area contributed by atoms with Crippen LogP contribution in [0.25, 0.3) is 0 Å². The Morgan fingerprint density at radius 2 is 1.32 bits per heavy atom. The van der Waals surface area contributed by atoms with E-state index in [9.17, 15) is 14.7 Å². The molecule has 6 nitrogen and oxygen atoms in total. The summed E-state index contributed by atoms with van der Waals surface area (Å²) in [5, 5.41) is 18.5. The normalized spacial score (nSPS) is 16.8. The Morgan fingerprint density at radius 3 is 1.79 bits per heavy atom. The van der Waals surface area contributed by atoms with Crippen LogP contribution in [0, 0.1) is 0 Å². The molecule has 1 fully saturated rings. The third-order valence-electron chi connectivity index (χ3n) is 4.82. The standard InChI is InChI=1S/C13H17BO4.C7H5BrO2/c1-12(2)13(3,4)18-14(17-12)10-5-6-11(16)9(7-10)8-15;8-6-1-2-7(10)5(3-6)4-9/h5-8,16H,1-4H3;1-4,10H. The van der Waals surface area contributed by atoms with Gasteiger partial charge in [-0.25, -0.2) is 0 Å². The van der Waals surface area contributed by atoms with Crippen LogP contribution >= 0.6 is 15.9 Å². The fourth-order valence-corrected chi connectivity index (χ4v) is 2.79. The minimum Gasteiger partial charge on any atom is -0.507 e. The Balaban J connectivity index is 0.000000237. The molecule has 2 aromatic carbocycles. The van der Waals surface area contributed by atoms with Gasteiger partial charge in [-0.2, -0.15) is 0 Å². The van der Waals surface area contributed by atoms with Crippen LogP contribution in [0.4, 0.5) is 0 Å². The largest absolute Gasteiger partial charge is 0.507 e. The van der Waals surface area contributed by atoms with Crippen LogP contribution in [0.2, 0.25) is 0 Å². The van der Waals surface area contributed by atoms with Gasteiger partial charge in [-0.1, -0.05) is 22.0 Å². The molecule has 0 radical (unpaired) electrons. The number of phenolic OH excluding ortho intramolecular Hbond substituents is 2. The lowest BCUT2D eigenvalue weighted by molar-refractivity contribution is 0.00578. The Hall–Kier alpha value is -2.16. The number of hydrogen-bond acceptors (Lipinski definition) is 6. The third kappa shape index (κ3) is 4.81. The van der Waals surface area contributed by atoms with Crippen molar-refractivity contribution in [3.8, 4) is 11.5 Å². The van der Waals surface area contributed by atoms with Gasteiger partial charge in [0.2, 0.25) is 0 Å². The van der Waals surface area contributed by atoms with Crippen LogP contribution in [0.15, 0.2) is 40.9 Å². The Bertz CT molecular complexity index is 865. The maximum atomic E-state index is 10.8. The van der Waals surface area contributed by atoms with Gasteiger partial charge in [-0.05, 0) is 63.5 Å². The highest BCUT2D eigenvalue weighted by Gasteiger charge is 2.51. The maximum absolute atomic E-state index is 10.8. The summed E-state index contributed by atoms with van der Waals surface area (Å²) < 4.78 is 12.5. The molecule has 0 aliphatic carbocycles. The molecule has 0 amide bonds. The van der Waals surface area contributed by atoms with Gasteiger partial charge < -0.3 is 19.5 Å². The number of aldehydes is 2. The first kappa shape index (κ1) is 22.1. The number of rotatable bonds is 3. The maximum Gasteiger partial charge on any atom is 0.494 e. The van der Waals surface area contributed by atoms with Crippen LogP contribution in [-0.2, 0) is 9.31 Å². The summed E-state index contributed by atoms with van der Waals surface area (Å²) in [4.78, 5) is 21.0. The van der Waals surface area contributed by atoms with Crippen LogP contribution in [0.3, 0.4) is 0 Å². The van der Waals surface area contributed by atoms with Crippen LogP contribution in [0.5, 0.6) is 11.5 Å². The lowest BCUT2D eigenvalue weighted by Gasteiger charge is -2.32. The van der Waals surface area contributed by atoms with Crippen molar-refractivity contribution in [3.63, 3.8) is 0 Å². The average molecular weight is 449 g/mol. The Labute approximate surface area is 172 Å². The fourth-order valence-electron chi connectivity index (χ4n) is 2.41. The molecule has 0 unspecified atom stereocenters. The van der Waals surface area contributed by atoms with Crippen molar-refractivity contribution >= 4 is 41.1 Å². The predicted molar refractivity (Wildman–Crippen MR) is 110 cm³/mol. The summed E-state index contributed by atoms with van der Waals surface area (Å²) in [6.45, 7) is 7.87. The Kier molecular flexibility index (Phi) is 6.69. The quantitative estimate of drug-likeness (QED) is 0.551. The van der Waals surface area contributed by atoms with E-state index in [1.54, 1.807) is 24.3 Å². The van der Waals surface area contributed by atoms with Crippen molar-refractivity contribution in [2.75, 3.05) is 0 Å². The van der Waals surface area contributed by atoms with E-state index in [0.29, 0.717) is 18.1 Å². The zero-order valence-corrected chi connectivity index (χ0v) is 17.7. The van der Waals surface area contributed by atoms with Crippen molar-refractivity contribution in [3.05, 3.63) is 52.0 Å². The highest BCUT2D eigenvalue weighted by atomic mass is 79.9. The molecule has 0 atom stereocenters. The van der Waals surface area contributed by atoms with E-state index in [1.807, 2.05) is 27.7 Å². The molecule has 0 aromatic heterocycles. The van der Waals surface area contributed by atoms with Crippen molar-refractivity contribution in [2.24, 2.45) is 0 Å². The number of hydrogen-bond donors (Lipinski definition) is 2. The molecule has 1 aliphatic heterocycles. The van der Waals surface area contributed by atoms with Crippen molar-refractivity contribution in [2.45, 2.75) is 38.9 Å². The van der Waals surface area contributed by atoms with Gasteiger partial charge in [0, 0.05) is 4.47 Å². The minimum atomic E-state index is -0.519. The summed E-state index contributed by atoms with van der Waals surface area (Å²) in [5.41, 5.74) is 0.429. The molecular formula is C20H22BBrO6. The van der Waals surface area contributed by atoms with E-state index in [0.717, 1.165) is 9.94 Å². The summed E-state index contributed by atoms with van der Waals surface area (Å²) in [5.74, 6) is -0.0246. The zero-order chi connectivity index (χ0) is 21.1. The van der Waals surface area contributed by atoms with Crippen LogP contribution in [0.1, 0.15) is 48.4 Å². The fraction of sp³-hybridized carbons (Fsp3) is 0.300. The molecule has 0 saturated carbocycles. The second-order valence-corrected chi connectivity index (χ2v) is 8.26. The average Bonchev–Trinajstić information content (AvgIpc) is 2.85. The van der Waals surface area contributed by atoms with E-state index in [4.69, 9.17) is 14.4 Å². The summed E-state index contributed by atoms with van der Waals surface area (Å²) in [6, 6.07) is 9.46. The summed E-state index contributed by atoms with van der Waals surface area (Å²) in [7, 11) is -0.519. The van der Waals surface area contributed by atoms with E-state index in [-0.39, 0.29) is 17.1 Å². The van der Waals surface area contributed by atoms with E-state index < -0.39 is 18.3 Å². The van der Waals surface area contributed by atoms with Crippen LogP contribution in [-0.4, -0.2) is 41.1 Å². The molecule has 1 heterocycles. The summed E-state index contributed by atoms with van der Waals surface area (Å²) >= 11 is 3.17. The molecule has 28 heavy (non-hydrogen) atoms. The third-order valence-corrected chi connectivity index (χ3v) is 5.31. The molecule has 1 saturated heterocycles. The molecule has 3 rings (SSSR count). The number of phenols is 2. The van der Waals surface area contributed by atoms with E-state index in [2.05, 4.69) is 15.9 Å². The lowest BCUT2D eigenvalue weighted by Crippen LogP contribution is -2.41. The van der Waals surface area contributed by atoms with Crippen molar-refractivity contribution in [1.29, 1.82) is 0 Å². The minimum absolute atomic E-state index is 0.0122.